The zero-order valence-electron chi connectivity index (χ0n) is 40.4. The van der Waals surface area contributed by atoms with Crippen molar-refractivity contribution in [2.45, 2.75) is 257 Å². The summed E-state index contributed by atoms with van der Waals surface area (Å²) in [5.41, 5.74) is 0. The Balaban J connectivity index is 4.29. The third-order valence-electron chi connectivity index (χ3n) is 11.7. The first-order valence-electron chi connectivity index (χ1n) is 25.7. The van der Waals surface area contributed by atoms with Crippen molar-refractivity contribution in [2.75, 3.05) is 40.9 Å². The van der Waals surface area contributed by atoms with E-state index >= 15 is 0 Å². The molecule has 9 heteroatoms. The number of phosphoric ester groups is 1. The van der Waals surface area contributed by atoms with E-state index in [0.717, 1.165) is 38.5 Å². The minimum absolute atomic E-state index is 0.00403. The van der Waals surface area contributed by atoms with Crippen molar-refractivity contribution in [1.29, 1.82) is 0 Å². The Bertz CT molecular complexity index is 1030. The van der Waals surface area contributed by atoms with Crippen LogP contribution in [0.2, 0.25) is 0 Å². The van der Waals surface area contributed by atoms with Gasteiger partial charge in [0.1, 0.15) is 13.2 Å². The van der Waals surface area contributed by atoms with Crippen molar-refractivity contribution >= 4 is 13.7 Å². The second kappa shape index (κ2) is 43.2. The fourth-order valence-electron chi connectivity index (χ4n) is 7.58. The average molecular weight is 869 g/mol. The molecule has 0 radical (unpaired) electrons. The topological polar surface area (TPSA) is 108 Å². The molecule has 0 aliphatic rings. The molecule has 0 saturated heterocycles. The number of nitrogens with zero attached hydrogens (tertiary/aromatic N) is 1. The third kappa shape index (κ3) is 45.0. The van der Waals surface area contributed by atoms with Gasteiger partial charge in [-0.05, 0) is 32.1 Å². The van der Waals surface area contributed by atoms with Gasteiger partial charge < -0.3 is 28.8 Å². The molecule has 3 atom stereocenters. The molecule has 0 saturated carbocycles. The molecule has 60 heavy (non-hydrogen) atoms. The van der Waals surface area contributed by atoms with E-state index in [1.807, 2.05) is 27.2 Å². The third-order valence-corrected chi connectivity index (χ3v) is 12.6. The van der Waals surface area contributed by atoms with Crippen molar-refractivity contribution in [2.24, 2.45) is 0 Å². The summed E-state index contributed by atoms with van der Waals surface area (Å²) in [6.45, 7) is 4.65. The van der Waals surface area contributed by atoms with E-state index in [-0.39, 0.29) is 19.1 Å². The number of aliphatic hydroxyl groups excluding tert-OH is 1. The van der Waals surface area contributed by atoms with Gasteiger partial charge in [-0.25, -0.2) is 0 Å². The van der Waals surface area contributed by atoms with Crippen LogP contribution < -0.4 is 10.2 Å². The normalized spacial score (nSPS) is 14.3. The Labute approximate surface area is 373 Å². The molecule has 0 aliphatic carbocycles. The number of rotatable bonds is 47. The number of allylic oxidation sites excluding steroid dienone is 3. The molecule has 0 aromatic heterocycles. The van der Waals surface area contributed by atoms with Gasteiger partial charge in [0.25, 0.3) is 7.82 Å². The van der Waals surface area contributed by atoms with Crippen LogP contribution in [0.5, 0.6) is 0 Å². The molecule has 0 heterocycles. The van der Waals surface area contributed by atoms with Crippen LogP contribution >= 0.6 is 7.82 Å². The molecular weight excluding hydrogens is 768 g/mol. The van der Waals surface area contributed by atoms with Gasteiger partial charge in [-0.15, -0.1) is 0 Å². The van der Waals surface area contributed by atoms with Crippen molar-refractivity contribution in [3.8, 4) is 0 Å². The number of aliphatic hydroxyl groups is 1. The molecule has 0 spiro atoms. The van der Waals surface area contributed by atoms with Crippen molar-refractivity contribution in [1.82, 2.24) is 5.32 Å². The lowest BCUT2D eigenvalue weighted by molar-refractivity contribution is -0.870. The lowest BCUT2D eigenvalue weighted by Gasteiger charge is -2.29. The lowest BCUT2D eigenvalue weighted by Crippen LogP contribution is -2.45. The number of nitrogens with one attached hydrogen (secondary N) is 1. The SMILES string of the molecule is CCCCCCCCCCCCCCCCCCCC/C=C/CC/C=C/C(O)C(COP(=O)([O-])OCC[N+](C)(C)C)NC(=O)CCCCCCCCCCCCCCCC. The second-order valence-electron chi connectivity index (χ2n) is 18.9. The standard InChI is InChI=1S/C51H101N2O6P/c1-6-8-10-12-14-16-18-20-22-23-24-25-26-27-28-29-30-31-32-34-36-38-40-42-44-50(54)49(48-59-60(56,57)58-47-46-53(3,4)5)52-51(55)45-43-41-39-37-35-33-21-19-17-15-13-11-9-7-2/h34,36,42,44,49-50,54H,6-33,35,37-41,43,45-48H2,1-5H3,(H-,52,55,56,57)/b36-34+,44-42+. The maximum Gasteiger partial charge on any atom is 0.268 e. The minimum atomic E-state index is -4.59. The Morgan fingerprint density at radius 2 is 0.933 bits per heavy atom. The van der Waals surface area contributed by atoms with E-state index < -0.39 is 20.0 Å². The molecule has 8 nitrogen and oxygen atoms in total. The van der Waals surface area contributed by atoms with E-state index in [9.17, 15) is 19.4 Å². The summed E-state index contributed by atoms with van der Waals surface area (Å²) in [6, 6.07) is -0.898. The quantitative estimate of drug-likeness (QED) is 0.0273. The molecule has 0 aliphatic heterocycles. The van der Waals surface area contributed by atoms with Gasteiger partial charge in [0, 0.05) is 6.42 Å². The van der Waals surface area contributed by atoms with Crippen LogP contribution in [0.25, 0.3) is 0 Å². The van der Waals surface area contributed by atoms with Gasteiger partial charge in [-0.3, -0.25) is 9.36 Å². The van der Waals surface area contributed by atoms with Crippen LogP contribution in [0, 0.1) is 0 Å². The van der Waals surface area contributed by atoms with E-state index in [0.29, 0.717) is 17.4 Å². The number of hydrogen-bond acceptors (Lipinski definition) is 6. The highest BCUT2D eigenvalue weighted by Gasteiger charge is 2.23. The van der Waals surface area contributed by atoms with Crippen LogP contribution in [0.15, 0.2) is 24.3 Å². The highest BCUT2D eigenvalue weighted by molar-refractivity contribution is 7.45. The molecule has 0 bridgehead atoms. The monoisotopic (exact) mass is 869 g/mol. The maximum atomic E-state index is 12.9. The van der Waals surface area contributed by atoms with Crippen LogP contribution in [0.3, 0.4) is 0 Å². The molecule has 1 amide bonds. The number of carbonyl (C=O) groups excluding carboxylic acids is 1. The van der Waals surface area contributed by atoms with E-state index in [4.69, 9.17) is 9.05 Å². The van der Waals surface area contributed by atoms with Gasteiger partial charge in [-0.1, -0.05) is 231 Å². The van der Waals surface area contributed by atoms with Gasteiger partial charge in [0.15, 0.2) is 0 Å². The minimum Gasteiger partial charge on any atom is -0.756 e. The molecule has 0 rings (SSSR count). The molecule has 0 aromatic carbocycles. The number of quaternary nitrogens is 1. The fraction of sp³-hybridized carbons (Fsp3) is 0.902. The summed E-state index contributed by atoms with van der Waals surface area (Å²) < 4.78 is 23.2. The molecule has 356 valence electrons. The number of amides is 1. The van der Waals surface area contributed by atoms with Gasteiger partial charge in [0.05, 0.1) is 39.9 Å². The van der Waals surface area contributed by atoms with Crippen LogP contribution in [-0.4, -0.2) is 68.5 Å². The summed E-state index contributed by atoms with van der Waals surface area (Å²) in [5.74, 6) is -0.204. The summed E-state index contributed by atoms with van der Waals surface area (Å²) in [4.78, 5) is 25.4. The van der Waals surface area contributed by atoms with Gasteiger partial charge in [0.2, 0.25) is 5.91 Å². The summed E-state index contributed by atoms with van der Waals surface area (Å²) in [6.07, 6.45) is 52.4. The van der Waals surface area contributed by atoms with Gasteiger partial charge in [-0.2, -0.15) is 0 Å². The first kappa shape index (κ1) is 59.0. The summed E-state index contributed by atoms with van der Waals surface area (Å²) >= 11 is 0. The van der Waals surface area contributed by atoms with E-state index in [2.05, 4.69) is 31.3 Å². The van der Waals surface area contributed by atoms with Crippen molar-refractivity contribution < 1.29 is 32.9 Å². The smallest absolute Gasteiger partial charge is 0.268 e. The number of carbonyl (C=O) groups is 1. The highest BCUT2D eigenvalue weighted by Crippen LogP contribution is 2.38. The fourth-order valence-corrected chi connectivity index (χ4v) is 8.30. The van der Waals surface area contributed by atoms with Crippen LogP contribution in [-0.2, 0) is 18.4 Å². The van der Waals surface area contributed by atoms with E-state index in [1.165, 1.54) is 186 Å². The Morgan fingerprint density at radius 1 is 0.567 bits per heavy atom. The predicted molar refractivity (Wildman–Crippen MR) is 256 cm³/mol. The van der Waals surface area contributed by atoms with E-state index in [1.54, 1.807) is 6.08 Å². The first-order chi connectivity index (χ1) is 29.0. The Hall–Kier alpha value is -1.02. The maximum absolute atomic E-state index is 12.9. The Kier molecular flexibility index (Phi) is 42.5. The number of unbranched alkanes of at least 4 members (excludes halogenated alkanes) is 32. The van der Waals surface area contributed by atoms with Crippen LogP contribution in [0.1, 0.15) is 245 Å². The second-order valence-corrected chi connectivity index (χ2v) is 20.3. The predicted octanol–water partition coefficient (Wildman–Crippen LogP) is 14.2. The molecule has 3 unspecified atom stereocenters. The zero-order chi connectivity index (χ0) is 44.3. The first-order valence-corrected chi connectivity index (χ1v) is 27.2. The van der Waals surface area contributed by atoms with Crippen LogP contribution in [0.4, 0.5) is 0 Å². The van der Waals surface area contributed by atoms with Crippen molar-refractivity contribution in [3.05, 3.63) is 24.3 Å². The molecular formula is C51H101N2O6P. The van der Waals surface area contributed by atoms with Crippen molar-refractivity contribution in [3.63, 3.8) is 0 Å². The summed E-state index contributed by atoms with van der Waals surface area (Å²) in [5, 5.41) is 13.8. The largest absolute Gasteiger partial charge is 0.756 e. The number of hydrogen-bond donors (Lipinski definition) is 2. The van der Waals surface area contributed by atoms with Gasteiger partial charge >= 0.3 is 0 Å². The number of likely N-dealkylation sites (N-methyl/N-ethyl adjacent to an activating group) is 1. The molecule has 0 aromatic rings. The highest BCUT2D eigenvalue weighted by atomic mass is 31.2. The Morgan fingerprint density at radius 3 is 1.35 bits per heavy atom. The molecule has 0 fully saturated rings. The average Bonchev–Trinajstić information content (AvgIpc) is 3.20. The zero-order valence-corrected chi connectivity index (χ0v) is 41.3. The lowest BCUT2D eigenvalue weighted by atomic mass is 10.0. The number of phosphoric acid groups is 1. The summed E-state index contributed by atoms with van der Waals surface area (Å²) in [7, 11) is 1.25. The molecule has 2 N–H and O–H groups in total.